The van der Waals surface area contributed by atoms with Crippen molar-refractivity contribution >= 4 is 22.4 Å². The third kappa shape index (κ3) is 4.18. The van der Waals surface area contributed by atoms with Gasteiger partial charge in [0.1, 0.15) is 0 Å². The summed E-state index contributed by atoms with van der Waals surface area (Å²) in [4.78, 5) is 26.4. The van der Waals surface area contributed by atoms with Crippen LogP contribution in [-0.2, 0) is 24.2 Å². The number of aromatic nitrogens is 5. The molecule has 0 spiro atoms. The number of carbonyl (C=O) groups is 1. The van der Waals surface area contributed by atoms with Crippen LogP contribution in [0.4, 0.5) is 5.13 Å². The molecule has 0 aliphatic heterocycles. The van der Waals surface area contributed by atoms with Crippen LogP contribution in [0, 0.1) is 0 Å². The summed E-state index contributed by atoms with van der Waals surface area (Å²) in [6.45, 7) is 6.50. The van der Waals surface area contributed by atoms with E-state index in [4.69, 9.17) is 10.1 Å². The number of hydrogen-bond acceptors (Lipinski definition) is 6. The van der Waals surface area contributed by atoms with Crippen LogP contribution in [0.15, 0.2) is 42.9 Å². The van der Waals surface area contributed by atoms with Gasteiger partial charge in [-0.3, -0.25) is 19.4 Å². The molecule has 1 aliphatic rings. The van der Waals surface area contributed by atoms with Crippen molar-refractivity contribution in [1.29, 1.82) is 0 Å². The van der Waals surface area contributed by atoms with E-state index in [-0.39, 0.29) is 11.8 Å². The normalized spacial score (nSPS) is 14.6. The highest BCUT2D eigenvalue weighted by Gasteiger charge is 2.33. The van der Waals surface area contributed by atoms with Gasteiger partial charge in [0, 0.05) is 42.3 Å². The summed E-state index contributed by atoms with van der Waals surface area (Å²) in [6.07, 6.45) is 8.45. The first kappa shape index (κ1) is 21.5. The molecule has 0 bridgehead atoms. The largest absolute Gasteiger partial charge is 0.302 e. The standard InChI is InChI=1S/C25H26N6OS/c1-4-6-19-9-8-18(13-27-19)22-21-15(2)11-20-24(33-25(29-20)28-16(3)32)23(21)31(30-22)14-17-7-5-10-26-12-17/h5,7-10,12-13,15H,4,6,11,14H2,1-3H3,(H,28,29,32). The van der Waals surface area contributed by atoms with Crippen LogP contribution in [-0.4, -0.2) is 30.6 Å². The minimum absolute atomic E-state index is 0.114. The van der Waals surface area contributed by atoms with Crippen molar-refractivity contribution in [3.63, 3.8) is 0 Å². The maximum Gasteiger partial charge on any atom is 0.223 e. The number of thiazole rings is 1. The smallest absolute Gasteiger partial charge is 0.223 e. The Bertz CT molecular complexity index is 1290. The fourth-order valence-electron chi connectivity index (χ4n) is 4.41. The highest BCUT2D eigenvalue weighted by atomic mass is 32.1. The number of amides is 1. The second-order valence-electron chi connectivity index (χ2n) is 8.50. The Kier molecular flexibility index (Phi) is 5.76. The van der Waals surface area contributed by atoms with E-state index in [0.29, 0.717) is 11.7 Å². The van der Waals surface area contributed by atoms with Crippen molar-refractivity contribution in [3.05, 3.63) is 65.4 Å². The third-order valence-electron chi connectivity index (χ3n) is 5.84. The first-order valence-corrected chi connectivity index (χ1v) is 12.1. The minimum atomic E-state index is -0.114. The number of carbonyl (C=O) groups excluding carboxylic acids is 1. The first-order valence-electron chi connectivity index (χ1n) is 11.3. The van der Waals surface area contributed by atoms with Crippen LogP contribution in [0.1, 0.15) is 55.6 Å². The number of nitrogens with one attached hydrogen (secondary N) is 1. The van der Waals surface area contributed by atoms with Gasteiger partial charge >= 0.3 is 0 Å². The van der Waals surface area contributed by atoms with Gasteiger partial charge in [-0.15, -0.1) is 0 Å². The molecule has 1 N–H and O–H groups in total. The average molecular weight is 459 g/mol. The van der Waals surface area contributed by atoms with Crippen molar-refractivity contribution < 1.29 is 4.79 Å². The lowest BCUT2D eigenvalue weighted by molar-refractivity contribution is -0.114. The van der Waals surface area contributed by atoms with E-state index in [9.17, 15) is 4.79 Å². The van der Waals surface area contributed by atoms with E-state index in [1.807, 2.05) is 18.5 Å². The molecule has 4 aromatic heterocycles. The van der Waals surface area contributed by atoms with Crippen molar-refractivity contribution in [2.45, 2.75) is 52.5 Å². The van der Waals surface area contributed by atoms with Gasteiger partial charge in [0.2, 0.25) is 5.91 Å². The maximum absolute atomic E-state index is 11.6. The number of aryl methyl sites for hydroxylation is 1. The summed E-state index contributed by atoms with van der Waals surface area (Å²) in [6, 6.07) is 8.24. The highest BCUT2D eigenvalue weighted by Crippen LogP contribution is 2.47. The third-order valence-corrected chi connectivity index (χ3v) is 6.86. The zero-order valence-corrected chi connectivity index (χ0v) is 19.8. The van der Waals surface area contributed by atoms with Gasteiger partial charge in [0.15, 0.2) is 5.13 Å². The lowest BCUT2D eigenvalue weighted by atomic mass is 9.86. The summed E-state index contributed by atoms with van der Waals surface area (Å²) in [5.74, 6) is 0.130. The molecular formula is C25H26N6OS. The molecule has 168 valence electrons. The Hall–Kier alpha value is -3.39. The van der Waals surface area contributed by atoms with Crippen LogP contribution < -0.4 is 5.32 Å². The van der Waals surface area contributed by atoms with Crippen LogP contribution in [0.2, 0.25) is 0 Å². The van der Waals surface area contributed by atoms with Gasteiger partial charge in [-0.05, 0) is 42.5 Å². The second-order valence-corrected chi connectivity index (χ2v) is 9.50. The fraction of sp³-hybridized carbons (Fsp3) is 0.320. The minimum Gasteiger partial charge on any atom is -0.302 e. The summed E-state index contributed by atoms with van der Waals surface area (Å²) in [5, 5.41) is 8.58. The SMILES string of the molecule is CCCc1ccc(-c2nn(Cc3cccnc3)c3c2C(C)Cc2nc(NC(C)=O)sc2-3)cn1. The molecule has 0 saturated carbocycles. The number of rotatable bonds is 6. The summed E-state index contributed by atoms with van der Waals surface area (Å²) in [5.41, 5.74) is 7.48. The van der Waals surface area contributed by atoms with Crippen LogP contribution in [0.5, 0.6) is 0 Å². The molecule has 0 radical (unpaired) electrons. The van der Waals surface area contributed by atoms with E-state index in [1.54, 1.807) is 6.20 Å². The number of pyridine rings is 2. The van der Waals surface area contributed by atoms with Crippen LogP contribution >= 0.6 is 11.3 Å². The zero-order chi connectivity index (χ0) is 22.9. The van der Waals surface area contributed by atoms with Crippen molar-refractivity contribution in [3.8, 4) is 21.8 Å². The van der Waals surface area contributed by atoms with Crippen molar-refractivity contribution in [2.24, 2.45) is 0 Å². The number of anilines is 1. The van der Waals surface area contributed by atoms with Crippen molar-refractivity contribution in [1.82, 2.24) is 24.7 Å². The monoisotopic (exact) mass is 458 g/mol. The predicted octanol–water partition coefficient (Wildman–Crippen LogP) is 5.08. The molecule has 33 heavy (non-hydrogen) atoms. The Morgan fingerprint density at radius 3 is 2.85 bits per heavy atom. The molecule has 0 saturated heterocycles. The molecule has 0 fully saturated rings. The van der Waals surface area contributed by atoms with E-state index in [1.165, 1.54) is 23.8 Å². The Labute approximate surface area is 196 Å². The maximum atomic E-state index is 11.6. The number of nitrogens with zero attached hydrogens (tertiary/aromatic N) is 5. The first-order chi connectivity index (χ1) is 16.0. The van der Waals surface area contributed by atoms with E-state index >= 15 is 0 Å². The molecule has 1 unspecified atom stereocenters. The molecule has 1 aliphatic carbocycles. The number of fused-ring (bicyclic) bond motifs is 3. The zero-order valence-electron chi connectivity index (χ0n) is 19.0. The molecule has 4 heterocycles. The van der Waals surface area contributed by atoms with Gasteiger partial charge in [-0.2, -0.15) is 5.10 Å². The Balaban J connectivity index is 1.66. The summed E-state index contributed by atoms with van der Waals surface area (Å²) < 4.78 is 2.06. The van der Waals surface area contributed by atoms with Gasteiger partial charge in [-0.25, -0.2) is 4.98 Å². The second kappa shape index (κ2) is 8.86. The summed E-state index contributed by atoms with van der Waals surface area (Å²) in [7, 11) is 0. The molecule has 7 nitrogen and oxygen atoms in total. The number of hydrogen-bond donors (Lipinski definition) is 1. The molecule has 1 atom stereocenters. The molecule has 1 amide bonds. The molecule has 0 aromatic carbocycles. The molecule has 4 aromatic rings. The fourth-order valence-corrected chi connectivity index (χ4v) is 5.52. The lowest BCUT2D eigenvalue weighted by Crippen LogP contribution is -2.11. The average Bonchev–Trinajstić information content (AvgIpc) is 3.36. The quantitative estimate of drug-likeness (QED) is 0.435. The van der Waals surface area contributed by atoms with Crippen molar-refractivity contribution in [2.75, 3.05) is 5.32 Å². The topological polar surface area (TPSA) is 85.6 Å². The Morgan fingerprint density at radius 2 is 2.15 bits per heavy atom. The summed E-state index contributed by atoms with van der Waals surface area (Å²) >= 11 is 1.52. The van der Waals surface area contributed by atoms with Gasteiger partial charge < -0.3 is 5.32 Å². The van der Waals surface area contributed by atoms with Gasteiger partial charge in [0.25, 0.3) is 0 Å². The highest BCUT2D eigenvalue weighted by molar-refractivity contribution is 7.19. The lowest BCUT2D eigenvalue weighted by Gasteiger charge is -2.20. The van der Waals surface area contributed by atoms with Gasteiger partial charge in [0.05, 0.1) is 28.5 Å². The Morgan fingerprint density at radius 1 is 1.27 bits per heavy atom. The molecular weight excluding hydrogens is 432 g/mol. The van der Waals surface area contributed by atoms with Gasteiger partial charge in [-0.1, -0.05) is 37.7 Å². The molecule has 8 heteroatoms. The van der Waals surface area contributed by atoms with E-state index in [0.717, 1.165) is 58.0 Å². The van der Waals surface area contributed by atoms with Crippen LogP contribution in [0.3, 0.4) is 0 Å². The van der Waals surface area contributed by atoms with Crippen LogP contribution in [0.25, 0.3) is 21.8 Å². The molecule has 5 rings (SSSR count). The van der Waals surface area contributed by atoms with E-state index in [2.05, 4.69) is 52.0 Å². The predicted molar refractivity (Wildman–Crippen MR) is 130 cm³/mol. The van der Waals surface area contributed by atoms with E-state index < -0.39 is 0 Å².